The van der Waals surface area contributed by atoms with Crippen LogP contribution in [0.2, 0.25) is 0 Å². The Bertz CT molecular complexity index is 352. The smallest absolute Gasteiger partial charge is 0.249 e. The van der Waals surface area contributed by atoms with Gasteiger partial charge in [-0.15, -0.1) is 0 Å². The summed E-state index contributed by atoms with van der Waals surface area (Å²) in [6, 6.07) is 0. The van der Waals surface area contributed by atoms with E-state index < -0.39 is 0 Å². The maximum Gasteiger partial charge on any atom is 0.249 e. The van der Waals surface area contributed by atoms with E-state index >= 15 is 0 Å². The fourth-order valence-electron chi connectivity index (χ4n) is 2.50. The van der Waals surface area contributed by atoms with Crippen molar-refractivity contribution in [2.75, 3.05) is 19.6 Å². The summed E-state index contributed by atoms with van der Waals surface area (Å²) in [6.45, 7) is 5.05. The Morgan fingerprint density at radius 3 is 2.75 bits per heavy atom. The lowest BCUT2D eigenvalue weighted by Crippen LogP contribution is -2.24. The molecule has 1 aliphatic carbocycles. The molecule has 2 rings (SSSR count). The molecule has 2 aliphatic rings. The second kappa shape index (κ2) is 4.78. The van der Waals surface area contributed by atoms with Gasteiger partial charge in [0, 0.05) is 18.5 Å². The van der Waals surface area contributed by atoms with Gasteiger partial charge in [-0.25, -0.2) is 0 Å². The van der Waals surface area contributed by atoms with Crippen LogP contribution >= 0.6 is 0 Å². The highest BCUT2D eigenvalue weighted by Gasteiger charge is 2.23. The highest BCUT2D eigenvalue weighted by molar-refractivity contribution is 5.35. The minimum Gasteiger partial charge on any atom is -0.299 e. The van der Waals surface area contributed by atoms with E-state index in [0.29, 0.717) is 12.1 Å². The lowest BCUT2D eigenvalue weighted by molar-refractivity contribution is -0.429. The molecule has 0 aromatic heterocycles. The Morgan fingerprint density at radius 1 is 1.44 bits per heavy atom. The Hall–Kier alpha value is -1.16. The fraction of sp³-hybridized carbons (Fsp3) is 0.667. The minimum absolute atomic E-state index is 0.216. The molecule has 0 atom stereocenters. The molecule has 0 spiro atoms. The Labute approximate surface area is 95.8 Å². The van der Waals surface area contributed by atoms with E-state index in [-0.39, 0.29) is 4.92 Å². The summed E-state index contributed by atoms with van der Waals surface area (Å²) in [5, 5.41) is 10.9. The molecule has 88 valence electrons. The lowest BCUT2D eigenvalue weighted by atomic mass is 9.96. The van der Waals surface area contributed by atoms with Crippen molar-refractivity contribution in [3.8, 4) is 0 Å². The summed E-state index contributed by atoms with van der Waals surface area (Å²) >= 11 is 0. The quantitative estimate of drug-likeness (QED) is 0.544. The first-order chi connectivity index (χ1) is 7.68. The van der Waals surface area contributed by atoms with Gasteiger partial charge in [-0.2, -0.15) is 0 Å². The molecule has 1 heterocycles. The molecular weight excluding hydrogens is 204 g/mol. The van der Waals surface area contributed by atoms with Crippen LogP contribution in [0.5, 0.6) is 0 Å². The van der Waals surface area contributed by atoms with E-state index in [1.165, 1.54) is 18.4 Å². The average Bonchev–Trinajstić information content (AvgIpc) is 2.73. The van der Waals surface area contributed by atoms with Crippen LogP contribution in [0, 0.1) is 10.1 Å². The van der Waals surface area contributed by atoms with Crippen molar-refractivity contribution < 1.29 is 4.92 Å². The monoisotopic (exact) mass is 222 g/mol. The van der Waals surface area contributed by atoms with Crippen LogP contribution in [-0.2, 0) is 0 Å². The second-order valence-corrected chi connectivity index (χ2v) is 4.58. The number of likely N-dealkylation sites (tertiary alicyclic amines) is 1. The van der Waals surface area contributed by atoms with Gasteiger partial charge in [0.1, 0.15) is 0 Å². The number of hydrogen-bond acceptors (Lipinski definition) is 3. The van der Waals surface area contributed by atoms with E-state index in [4.69, 9.17) is 0 Å². The first-order valence-corrected chi connectivity index (χ1v) is 5.94. The van der Waals surface area contributed by atoms with Crippen molar-refractivity contribution in [2.24, 2.45) is 0 Å². The van der Waals surface area contributed by atoms with Crippen molar-refractivity contribution in [3.05, 3.63) is 33.0 Å². The SMILES string of the molecule is CC1=C([N+](=O)[O-])CCC=C1CN1CCCC1. The summed E-state index contributed by atoms with van der Waals surface area (Å²) < 4.78 is 0. The van der Waals surface area contributed by atoms with Crippen LogP contribution in [0.3, 0.4) is 0 Å². The van der Waals surface area contributed by atoms with Crippen LogP contribution in [-0.4, -0.2) is 29.5 Å². The van der Waals surface area contributed by atoms with Gasteiger partial charge >= 0.3 is 0 Å². The van der Waals surface area contributed by atoms with E-state index in [1.807, 2.05) is 6.92 Å². The number of nitro groups is 1. The third-order valence-corrected chi connectivity index (χ3v) is 3.50. The Morgan fingerprint density at radius 2 is 2.12 bits per heavy atom. The number of allylic oxidation sites excluding steroid dienone is 2. The second-order valence-electron chi connectivity index (χ2n) is 4.58. The zero-order chi connectivity index (χ0) is 11.5. The highest BCUT2D eigenvalue weighted by Crippen LogP contribution is 2.26. The van der Waals surface area contributed by atoms with Gasteiger partial charge in [0.25, 0.3) is 0 Å². The van der Waals surface area contributed by atoms with Crippen LogP contribution < -0.4 is 0 Å². The number of nitrogens with zero attached hydrogens (tertiary/aromatic N) is 2. The summed E-state index contributed by atoms with van der Waals surface area (Å²) in [5.41, 5.74) is 2.47. The molecule has 0 amide bonds. The summed E-state index contributed by atoms with van der Waals surface area (Å²) in [6.07, 6.45) is 6.09. The third kappa shape index (κ3) is 2.32. The van der Waals surface area contributed by atoms with Crippen molar-refractivity contribution in [1.82, 2.24) is 4.90 Å². The topological polar surface area (TPSA) is 46.4 Å². The standard InChI is InChI=1S/C12H18N2O2/c1-10-11(9-13-7-2-3-8-13)5-4-6-12(10)14(15)16/h5H,2-4,6-9H2,1H3. The maximum atomic E-state index is 10.9. The normalized spacial score (nSPS) is 22.4. The molecule has 1 aliphatic heterocycles. The molecule has 0 radical (unpaired) electrons. The molecule has 0 N–H and O–H groups in total. The predicted octanol–water partition coefficient (Wildman–Crippen LogP) is 2.35. The molecule has 0 aromatic rings. The van der Waals surface area contributed by atoms with Crippen LogP contribution in [0.25, 0.3) is 0 Å². The molecule has 16 heavy (non-hydrogen) atoms. The predicted molar refractivity (Wildman–Crippen MR) is 62.7 cm³/mol. The molecule has 0 saturated carbocycles. The van der Waals surface area contributed by atoms with Crippen molar-refractivity contribution in [2.45, 2.75) is 32.6 Å². The van der Waals surface area contributed by atoms with E-state index in [1.54, 1.807) is 0 Å². The van der Waals surface area contributed by atoms with Crippen molar-refractivity contribution >= 4 is 0 Å². The average molecular weight is 222 g/mol. The van der Waals surface area contributed by atoms with E-state index in [9.17, 15) is 10.1 Å². The van der Waals surface area contributed by atoms with Crippen LogP contribution in [0.1, 0.15) is 32.6 Å². The molecular formula is C12H18N2O2. The largest absolute Gasteiger partial charge is 0.299 e. The van der Waals surface area contributed by atoms with Crippen LogP contribution in [0.15, 0.2) is 22.9 Å². The fourth-order valence-corrected chi connectivity index (χ4v) is 2.50. The Balaban J connectivity index is 2.09. The zero-order valence-corrected chi connectivity index (χ0v) is 9.74. The molecule has 4 heteroatoms. The molecule has 4 nitrogen and oxygen atoms in total. The van der Waals surface area contributed by atoms with E-state index in [0.717, 1.165) is 31.6 Å². The first kappa shape index (κ1) is 11.3. The minimum atomic E-state index is -0.216. The van der Waals surface area contributed by atoms with Gasteiger partial charge in [-0.05, 0) is 44.8 Å². The van der Waals surface area contributed by atoms with Gasteiger partial charge in [0.2, 0.25) is 5.70 Å². The summed E-state index contributed by atoms with van der Waals surface area (Å²) in [4.78, 5) is 13.0. The summed E-state index contributed by atoms with van der Waals surface area (Å²) in [7, 11) is 0. The molecule has 1 saturated heterocycles. The summed E-state index contributed by atoms with van der Waals surface area (Å²) in [5.74, 6) is 0. The molecule has 0 bridgehead atoms. The van der Waals surface area contributed by atoms with Gasteiger partial charge in [-0.3, -0.25) is 15.0 Å². The van der Waals surface area contributed by atoms with Gasteiger partial charge < -0.3 is 0 Å². The van der Waals surface area contributed by atoms with Gasteiger partial charge in [-0.1, -0.05) is 6.08 Å². The molecule has 0 unspecified atom stereocenters. The maximum absolute atomic E-state index is 10.9. The first-order valence-electron chi connectivity index (χ1n) is 5.94. The highest BCUT2D eigenvalue weighted by atomic mass is 16.6. The van der Waals surface area contributed by atoms with Gasteiger partial charge in [0.15, 0.2) is 0 Å². The van der Waals surface area contributed by atoms with Crippen LogP contribution in [0.4, 0.5) is 0 Å². The zero-order valence-electron chi connectivity index (χ0n) is 9.74. The molecule has 1 fully saturated rings. The van der Waals surface area contributed by atoms with Crippen molar-refractivity contribution in [3.63, 3.8) is 0 Å². The van der Waals surface area contributed by atoms with Gasteiger partial charge in [0.05, 0.1) is 4.92 Å². The Kier molecular flexibility index (Phi) is 3.39. The lowest BCUT2D eigenvalue weighted by Gasteiger charge is -2.20. The number of hydrogen-bond donors (Lipinski definition) is 0. The van der Waals surface area contributed by atoms with Crippen molar-refractivity contribution in [1.29, 1.82) is 0 Å². The molecule has 0 aromatic carbocycles. The number of rotatable bonds is 3. The third-order valence-electron chi connectivity index (χ3n) is 3.50. The van der Waals surface area contributed by atoms with E-state index in [2.05, 4.69) is 11.0 Å².